The van der Waals surface area contributed by atoms with E-state index in [0.717, 1.165) is 4.31 Å². The van der Waals surface area contributed by atoms with Crippen LogP contribution in [0.1, 0.15) is 26.7 Å². The molecule has 5 nitrogen and oxygen atoms in total. The highest BCUT2D eigenvalue weighted by molar-refractivity contribution is 9.12. The second kappa shape index (κ2) is 5.92. The Bertz CT molecular complexity index is 669. The molecule has 2 heterocycles. The molecule has 1 aliphatic heterocycles. The van der Waals surface area contributed by atoms with Crippen LogP contribution in [0.4, 0.5) is 0 Å². The maximum atomic E-state index is 12.8. The zero-order chi connectivity index (χ0) is 16.0. The fourth-order valence-corrected chi connectivity index (χ4v) is 8.23. The fraction of sp³-hybridized carbons (Fsp3) is 0.583. The van der Waals surface area contributed by atoms with E-state index in [2.05, 4.69) is 31.9 Å². The van der Waals surface area contributed by atoms with Crippen LogP contribution in [0.5, 0.6) is 0 Å². The molecule has 0 saturated carbocycles. The summed E-state index contributed by atoms with van der Waals surface area (Å²) in [4.78, 5) is 11.7. The number of piperidine rings is 1. The molecule has 0 aliphatic carbocycles. The van der Waals surface area contributed by atoms with Crippen molar-refractivity contribution in [3.63, 3.8) is 0 Å². The van der Waals surface area contributed by atoms with Gasteiger partial charge in [0.25, 0.3) is 0 Å². The van der Waals surface area contributed by atoms with Crippen LogP contribution in [0.3, 0.4) is 0 Å². The number of halogens is 2. The summed E-state index contributed by atoms with van der Waals surface area (Å²) in [6.07, 6.45) is 1.34. The van der Waals surface area contributed by atoms with Crippen molar-refractivity contribution >= 4 is 59.2 Å². The average molecular weight is 461 g/mol. The Hall–Kier alpha value is 0.0400. The van der Waals surface area contributed by atoms with Crippen LogP contribution in [0.25, 0.3) is 0 Å². The zero-order valence-electron chi connectivity index (χ0n) is 11.5. The van der Waals surface area contributed by atoms with E-state index in [1.54, 1.807) is 13.8 Å². The Morgan fingerprint density at radius 1 is 1.48 bits per heavy atom. The third-order valence-corrected chi connectivity index (χ3v) is 8.29. The second-order valence-electron chi connectivity index (χ2n) is 5.64. The maximum absolute atomic E-state index is 12.8. The van der Waals surface area contributed by atoms with E-state index in [0.29, 0.717) is 20.4 Å². The minimum Gasteiger partial charge on any atom is -0.480 e. The van der Waals surface area contributed by atoms with Crippen LogP contribution in [-0.2, 0) is 14.8 Å². The molecular formula is C12H15Br2NO4S2. The lowest BCUT2D eigenvalue weighted by atomic mass is 9.77. The summed E-state index contributed by atoms with van der Waals surface area (Å²) >= 11 is 7.75. The molecule has 0 spiro atoms. The van der Waals surface area contributed by atoms with Gasteiger partial charge >= 0.3 is 5.97 Å². The molecule has 0 bridgehead atoms. The molecule has 118 valence electrons. The van der Waals surface area contributed by atoms with Gasteiger partial charge in [-0.1, -0.05) is 13.8 Å². The average Bonchev–Trinajstić information content (AvgIpc) is 2.67. The zero-order valence-corrected chi connectivity index (χ0v) is 16.3. The molecule has 1 fully saturated rings. The van der Waals surface area contributed by atoms with Gasteiger partial charge in [-0.05, 0) is 56.2 Å². The molecule has 1 aromatic rings. The van der Waals surface area contributed by atoms with E-state index < -0.39 is 27.4 Å². The number of carbonyl (C=O) groups is 1. The lowest BCUT2D eigenvalue weighted by Gasteiger charge is -2.42. The van der Waals surface area contributed by atoms with E-state index in [1.807, 2.05) is 0 Å². The summed E-state index contributed by atoms with van der Waals surface area (Å²) in [7, 11) is -3.85. The first-order valence-corrected chi connectivity index (χ1v) is 10.1. The van der Waals surface area contributed by atoms with Crippen LogP contribution in [-0.4, -0.2) is 36.4 Å². The summed E-state index contributed by atoms with van der Waals surface area (Å²) in [6.45, 7) is 3.82. The van der Waals surface area contributed by atoms with Crippen molar-refractivity contribution in [3.8, 4) is 0 Å². The number of carboxylic acids is 1. The Labute approximate surface area is 144 Å². The van der Waals surface area contributed by atoms with Crippen molar-refractivity contribution in [1.82, 2.24) is 4.31 Å². The second-order valence-corrected chi connectivity index (χ2v) is 11.2. The Balaban J connectivity index is 2.52. The summed E-state index contributed by atoms with van der Waals surface area (Å²) < 4.78 is 28.0. The summed E-state index contributed by atoms with van der Waals surface area (Å²) in [5.74, 6) is -1.10. The standard InChI is InChI=1S/C12H15Br2NO4S2/c1-12(2)4-3-5-15(9(12)11(16)17)21(18,19)7-6-8(13)20-10(7)14/h6,9H,3-5H2,1-2H3,(H,16,17). The van der Waals surface area contributed by atoms with Crippen LogP contribution in [0.15, 0.2) is 18.5 Å². The number of sulfonamides is 1. The van der Waals surface area contributed by atoms with E-state index in [-0.39, 0.29) is 11.4 Å². The molecule has 0 aromatic carbocycles. The van der Waals surface area contributed by atoms with Gasteiger partial charge in [0.1, 0.15) is 10.9 Å². The van der Waals surface area contributed by atoms with Gasteiger partial charge in [-0.15, -0.1) is 11.3 Å². The molecule has 1 saturated heterocycles. The fourth-order valence-electron chi connectivity index (χ4n) is 2.69. The summed E-state index contributed by atoms with van der Waals surface area (Å²) in [5.41, 5.74) is -0.600. The number of rotatable bonds is 3. The largest absolute Gasteiger partial charge is 0.480 e. The Kier molecular flexibility index (Phi) is 4.90. The lowest BCUT2D eigenvalue weighted by molar-refractivity contribution is -0.147. The predicted molar refractivity (Wildman–Crippen MR) is 88.0 cm³/mol. The smallest absolute Gasteiger partial charge is 0.322 e. The number of aliphatic carboxylic acids is 1. The van der Waals surface area contributed by atoms with Crippen molar-refractivity contribution in [3.05, 3.63) is 13.6 Å². The van der Waals surface area contributed by atoms with Crippen LogP contribution in [0, 0.1) is 5.41 Å². The van der Waals surface area contributed by atoms with Gasteiger partial charge in [0, 0.05) is 6.54 Å². The first-order valence-electron chi connectivity index (χ1n) is 6.27. The first-order chi connectivity index (χ1) is 9.57. The van der Waals surface area contributed by atoms with Crippen LogP contribution >= 0.6 is 43.2 Å². The van der Waals surface area contributed by atoms with Gasteiger partial charge in [0.2, 0.25) is 10.0 Å². The molecule has 1 N–H and O–H groups in total. The molecule has 9 heteroatoms. The van der Waals surface area contributed by atoms with Gasteiger partial charge in [0.05, 0.1) is 7.57 Å². The highest BCUT2D eigenvalue weighted by atomic mass is 79.9. The van der Waals surface area contributed by atoms with Crippen molar-refractivity contribution in [2.45, 2.75) is 37.6 Å². The quantitative estimate of drug-likeness (QED) is 0.748. The molecule has 0 radical (unpaired) electrons. The van der Waals surface area contributed by atoms with Gasteiger partial charge in [-0.25, -0.2) is 8.42 Å². The molecule has 1 unspecified atom stereocenters. The maximum Gasteiger partial charge on any atom is 0.322 e. The summed E-state index contributed by atoms with van der Waals surface area (Å²) in [5, 5.41) is 9.50. The van der Waals surface area contributed by atoms with Crippen molar-refractivity contribution in [2.24, 2.45) is 5.41 Å². The number of hydrogen-bond acceptors (Lipinski definition) is 4. The van der Waals surface area contributed by atoms with Crippen LogP contribution < -0.4 is 0 Å². The number of hydrogen-bond donors (Lipinski definition) is 1. The molecule has 1 atom stereocenters. The van der Waals surface area contributed by atoms with Gasteiger partial charge in [-0.2, -0.15) is 4.31 Å². The minimum atomic E-state index is -3.85. The Morgan fingerprint density at radius 3 is 2.57 bits per heavy atom. The highest BCUT2D eigenvalue weighted by Gasteiger charge is 2.48. The summed E-state index contributed by atoms with van der Waals surface area (Å²) in [6, 6.07) is 0.451. The van der Waals surface area contributed by atoms with E-state index >= 15 is 0 Å². The topological polar surface area (TPSA) is 74.7 Å². The highest BCUT2D eigenvalue weighted by Crippen LogP contribution is 2.41. The number of thiophene rings is 1. The lowest BCUT2D eigenvalue weighted by Crippen LogP contribution is -2.56. The molecule has 21 heavy (non-hydrogen) atoms. The normalized spacial score (nSPS) is 23.1. The van der Waals surface area contributed by atoms with Gasteiger partial charge in [-0.3, -0.25) is 4.79 Å². The molecule has 1 aromatic heterocycles. The monoisotopic (exact) mass is 459 g/mol. The number of nitrogens with zero attached hydrogens (tertiary/aromatic N) is 1. The molecular weight excluding hydrogens is 446 g/mol. The minimum absolute atomic E-state index is 0.114. The number of carboxylic acid groups (broad SMARTS) is 1. The first kappa shape index (κ1) is 17.4. The van der Waals surface area contributed by atoms with Gasteiger partial charge < -0.3 is 5.11 Å². The van der Waals surface area contributed by atoms with Crippen LogP contribution in [0.2, 0.25) is 0 Å². The third kappa shape index (κ3) is 3.21. The predicted octanol–water partition coefficient (Wildman–Crippen LogP) is 3.54. The van der Waals surface area contributed by atoms with E-state index in [1.165, 1.54) is 17.4 Å². The third-order valence-electron chi connectivity index (χ3n) is 3.67. The molecule has 1 aliphatic rings. The Morgan fingerprint density at radius 2 is 2.10 bits per heavy atom. The van der Waals surface area contributed by atoms with Crippen molar-refractivity contribution in [1.29, 1.82) is 0 Å². The van der Waals surface area contributed by atoms with Crippen molar-refractivity contribution < 1.29 is 18.3 Å². The van der Waals surface area contributed by atoms with E-state index in [4.69, 9.17) is 0 Å². The molecule has 0 amide bonds. The van der Waals surface area contributed by atoms with E-state index in [9.17, 15) is 18.3 Å². The van der Waals surface area contributed by atoms with Crippen molar-refractivity contribution in [2.75, 3.05) is 6.54 Å². The van der Waals surface area contributed by atoms with Gasteiger partial charge in [0.15, 0.2) is 0 Å². The molecule has 2 rings (SSSR count). The SMILES string of the molecule is CC1(C)CCCN(S(=O)(=O)c2cc(Br)sc2Br)C1C(=O)O.